The number of ether oxygens (including phenoxy) is 3. The second-order valence-electron chi connectivity index (χ2n) is 8.10. The second kappa shape index (κ2) is 9.62. The quantitative estimate of drug-likeness (QED) is 0.444. The molecule has 1 fully saturated rings. The number of aromatic nitrogens is 5. The van der Waals surface area contributed by atoms with E-state index in [1.165, 1.54) is 0 Å². The Morgan fingerprint density at radius 3 is 2.50 bits per heavy atom. The third-order valence-electron chi connectivity index (χ3n) is 6.08. The molecule has 1 aliphatic heterocycles. The number of benzene rings is 2. The van der Waals surface area contributed by atoms with Gasteiger partial charge >= 0.3 is 0 Å². The van der Waals surface area contributed by atoms with E-state index in [1.807, 2.05) is 48.5 Å². The zero-order chi connectivity index (χ0) is 23.5. The molecule has 0 unspecified atom stereocenters. The van der Waals surface area contributed by atoms with Crippen LogP contribution in [0.1, 0.15) is 23.0 Å². The Balaban J connectivity index is 1.57. The van der Waals surface area contributed by atoms with E-state index in [0.717, 1.165) is 16.7 Å². The third-order valence-corrected chi connectivity index (χ3v) is 6.08. The van der Waals surface area contributed by atoms with Crippen molar-refractivity contribution in [1.82, 2.24) is 30.1 Å². The number of aromatic amines is 1. The number of fused-ring (bicyclic) bond motifs is 1. The van der Waals surface area contributed by atoms with Crippen LogP contribution in [-0.4, -0.2) is 70.6 Å². The molecule has 10 heteroatoms. The average Bonchev–Trinajstić information content (AvgIpc) is 3.33. The van der Waals surface area contributed by atoms with Crippen LogP contribution in [0.4, 0.5) is 0 Å². The molecule has 0 radical (unpaired) electrons. The van der Waals surface area contributed by atoms with Crippen molar-refractivity contribution in [3.05, 3.63) is 75.8 Å². The summed E-state index contributed by atoms with van der Waals surface area (Å²) in [5.74, 6) is 2.08. The molecule has 0 aliphatic carbocycles. The van der Waals surface area contributed by atoms with Gasteiger partial charge in [0.25, 0.3) is 5.56 Å². The molecule has 0 saturated carbocycles. The lowest BCUT2D eigenvalue weighted by atomic mass is 10.0. The maximum atomic E-state index is 13.3. The number of morpholine rings is 1. The molecule has 34 heavy (non-hydrogen) atoms. The van der Waals surface area contributed by atoms with Crippen LogP contribution in [0.5, 0.6) is 11.5 Å². The molecule has 4 aromatic rings. The lowest BCUT2D eigenvalue weighted by molar-refractivity contribution is 0.0214. The lowest BCUT2D eigenvalue weighted by Crippen LogP contribution is -2.42. The van der Waals surface area contributed by atoms with Crippen molar-refractivity contribution in [2.75, 3.05) is 40.5 Å². The van der Waals surface area contributed by atoms with E-state index in [0.29, 0.717) is 55.5 Å². The van der Waals surface area contributed by atoms with Gasteiger partial charge in [0.2, 0.25) is 0 Å². The second-order valence-corrected chi connectivity index (χ2v) is 8.10. The molecule has 2 aromatic carbocycles. The van der Waals surface area contributed by atoms with Gasteiger partial charge in [0.1, 0.15) is 17.5 Å². The first-order valence-corrected chi connectivity index (χ1v) is 11.1. The Labute approximate surface area is 196 Å². The first-order valence-electron chi connectivity index (χ1n) is 11.1. The van der Waals surface area contributed by atoms with Gasteiger partial charge in [-0.1, -0.05) is 12.1 Å². The van der Waals surface area contributed by atoms with E-state index in [-0.39, 0.29) is 5.56 Å². The van der Waals surface area contributed by atoms with Gasteiger partial charge in [-0.05, 0) is 51.7 Å². The monoisotopic (exact) mass is 462 g/mol. The van der Waals surface area contributed by atoms with Crippen LogP contribution in [0.15, 0.2) is 53.3 Å². The van der Waals surface area contributed by atoms with E-state index in [4.69, 9.17) is 14.2 Å². The largest absolute Gasteiger partial charge is 0.497 e. The molecule has 1 atom stereocenters. The molecule has 1 aliphatic rings. The first kappa shape index (κ1) is 22.1. The minimum atomic E-state index is -0.424. The SMILES string of the molecule is COc1ccc(Cn2nnnc2[C@@H](c2cc3ccc(OC)cc3[nH]c2=O)N2CCOCC2)cc1. The van der Waals surface area contributed by atoms with Gasteiger partial charge in [-0.2, -0.15) is 0 Å². The Bertz CT molecular complexity index is 1330. The molecule has 1 saturated heterocycles. The molecule has 0 spiro atoms. The third kappa shape index (κ3) is 4.37. The summed E-state index contributed by atoms with van der Waals surface area (Å²) in [4.78, 5) is 18.5. The number of hydrogen-bond acceptors (Lipinski definition) is 8. The zero-order valence-corrected chi connectivity index (χ0v) is 19.1. The van der Waals surface area contributed by atoms with E-state index >= 15 is 0 Å². The Kier molecular flexibility index (Phi) is 6.24. The van der Waals surface area contributed by atoms with Gasteiger partial charge in [-0.25, -0.2) is 4.68 Å². The minimum absolute atomic E-state index is 0.184. The fraction of sp³-hybridized carbons (Fsp3) is 0.333. The van der Waals surface area contributed by atoms with Gasteiger partial charge in [-0.15, -0.1) is 5.10 Å². The standard InChI is InChI=1S/C24H26N6O4/c1-32-18-6-3-16(4-7-18)15-30-23(26-27-28-30)22(29-9-11-34-12-10-29)20-13-17-5-8-19(33-2)14-21(17)25-24(20)31/h3-8,13-14,22H,9-12,15H2,1-2H3,(H,25,31)/t22-/m1/s1. The van der Waals surface area contributed by atoms with Crippen molar-refractivity contribution in [3.63, 3.8) is 0 Å². The molecule has 176 valence electrons. The number of pyridine rings is 1. The van der Waals surface area contributed by atoms with Crippen molar-refractivity contribution in [2.24, 2.45) is 0 Å². The van der Waals surface area contributed by atoms with Crippen LogP contribution < -0.4 is 15.0 Å². The smallest absolute Gasteiger partial charge is 0.253 e. The Morgan fingerprint density at radius 1 is 1.03 bits per heavy atom. The van der Waals surface area contributed by atoms with Crippen LogP contribution in [0, 0.1) is 0 Å². The van der Waals surface area contributed by atoms with Crippen LogP contribution in [0.3, 0.4) is 0 Å². The fourth-order valence-electron chi connectivity index (χ4n) is 4.29. The molecule has 2 aromatic heterocycles. The molecule has 0 amide bonds. The van der Waals surface area contributed by atoms with Crippen LogP contribution in [-0.2, 0) is 11.3 Å². The van der Waals surface area contributed by atoms with Gasteiger partial charge in [0, 0.05) is 24.7 Å². The minimum Gasteiger partial charge on any atom is -0.497 e. The number of tetrazole rings is 1. The van der Waals surface area contributed by atoms with E-state index in [2.05, 4.69) is 25.4 Å². The summed E-state index contributed by atoms with van der Waals surface area (Å²) in [7, 11) is 3.24. The van der Waals surface area contributed by atoms with Crippen molar-refractivity contribution in [2.45, 2.75) is 12.6 Å². The highest BCUT2D eigenvalue weighted by atomic mass is 16.5. The van der Waals surface area contributed by atoms with E-state index < -0.39 is 6.04 Å². The fourth-order valence-corrected chi connectivity index (χ4v) is 4.29. The highest BCUT2D eigenvalue weighted by Gasteiger charge is 2.31. The summed E-state index contributed by atoms with van der Waals surface area (Å²) in [6.45, 7) is 2.97. The summed E-state index contributed by atoms with van der Waals surface area (Å²) in [5, 5.41) is 13.5. The van der Waals surface area contributed by atoms with Gasteiger partial charge in [-0.3, -0.25) is 9.69 Å². The summed E-state index contributed by atoms with van der Waals surface area (Å²) in [5.41, 5.74) is 2.14. The van der Waals surface area contributed by atoms with Crippen LogP contribution in [0.25, 0.3) is 10.9 Å². The highest BCUT2D eigenvalue weighted by molar-refractivity contribution is 5.80. The Morgan fingerprint density at radius 2 is 1.76 bits per heavy atom. The average molecular weight is 463 g/mol. The van der Waals surface area contributed by atoms with Crippen molar-refractivity contribution >= 4 is 10.9 Å². The highest BCUT2D eigenvalue weighted by Crippen LogP contribution is 2.28. The predicted octanol–water partition coefficient (Wildman–Crippen LogP) is 2.00. The zero-order valence-electron chi connectivity index (χ0n) is 19.1. The van der Waals surface area contributed by atoms with E-state index in [1.54, 1.807) is 18.9 Å². The number of nitrogens with one attached hydrogen (secondary N) is 1. The van der Waals surface area contributed by atoms with Gasteiger partial charge in [0.15, 0.2) is 5.82 Å². The number of hydrogen-bond donors (Lipinski definition) is 1. The summed E-state index contributed by atoms with van der Waals surface area (Å²) in [6, 6.07) is 14.9. The molecule has 0 bridgehead atoms. The molecule has 3 heterocycles. The summed E-state index contributed by atoms with van der Waals surface area (Å²) < 4.78 is 17.9. The summed E-state index contributed by atoms with van der Waals surface area (Å²) >= 11 is 0. The van der Waals surface area contributed by atoms with Gasteiger partial charge < -0.3 is 19.2 Å². The normalized spacial score (nSPS) is 15.4. The van der Waals surface area contributed by atoms with Crippen LogP contribution >= 0.6 is 0 Å². The van der Waals surface area contributed by atoms with E-state index in [9.17, 15) is 4.79 Å². The van der Waals surface area contributed by atoms with Crippen molar-refractivity contribution in [1.29, 1.82) is 0 Å². The number of rotatable bonds is 7. The number of nitrogens with zero attached hydrogens (tertiary/aromatic N) is 5. The first-order chi connectivity index (χ1) is 16.7. The van der Waals surface area contributed by atoms with Crippen molar-refractivity contribution in [3.8, 4) is 11.5 Å². The lowest BCUT2D eigenvalue weighted by Gasteiger charge is -2.33. The molecular weight excluding hydrogens is 436 g/mol. The molecule has 5 rings (SSSR count). The Hall–Kier alpha value is -3.76. The molecular formula is C24H26N6O4. The van der Waals surface area contributed by atoms with Crippen molar-refractivity contribution < 1.29 is 14.2 Å². The molecule has 1 N–H and O–H groups in total. The number of H-pyrrole nitrogens is 1. The maximum absolute atomic E-state index is 13.3. The summed E-state index contributed by atoms with van der Waals surface area (Å²) in [6.07, 6.45) is 0. The maximum Gasteiger partial charge on any atom is 0.253 e. The van der Waals surface area contributed by atoms with Crippen LogP contribution in [0.2, 0.25) is 0 Å². The predicted molar refractivity (Wildman–Crippen MR) is 125 cm³/mol. The topological polar surface area (TPSA) is 107 Å². The van der Waals surface area contributed by atoms with Gasteiger partial charge in [0.05, 0.1) is 39.5 Å². The number of methoxy groups -OCH3 is 2. The molecule has 10 nitrogen and oxygen atoms in total.